The van der Waals surface area contributed by atoms with Crippen molar-refractivity contribution in [2.45, 2.75) is 32.2 Å². The van der Waals surface area contributed by atoms with E-state index in [1.807, 2.05) is 18.2 Å². The highest BCUT2D eigenvalue weighted by atomic mass is 16.3. The van der Waals surface area contributed by atoms with Gasteiger partial charge in [-0.15, -0.1) is 0 Å². The van der Waals surface area contributed by atoms with Crippen LogP contribution >= 0.6 is 0 Å². The van der Waals surface area contributed by atoms with Gasteiger partial charge in [0.25, 0.3) is 0 Å². The van der Waals surface area contributed by atoms with Gasteiger partial charge in [-0.3, -0.25) is 0 Å². The molecule has 2 nitrogen and oxygen atoms in total. The van der Waals surface area contributed by atoms with E-state index in [1.165, 1.54) is 22.4 Å². The van der Waals surface area contributed by atoms with Gasteiger partial charge >= 0.3 is 0 Å². The fraction of sp³-hybridized carbons (Fsp3) is 0.300. The molecule has 3 unspecified atom stereocenters. The largest absolute Gasteiger partial charge is 0.508 e. The van der Waals surface area contributed by atoms with Crippen LogP contribution in [0.15, 0.2) is 48.6 Å². The first-order chi connectivity index (χ1) is 10.6. The van der Waals surface area contributed by atoms with Crippen molar-refractivity contribution in [3.8, 4) is 5.75 Å². The molecule has 0 fully saturated rings. The first-order valence-corrected chi connectivity index (χ1v) is 7.97. The molecule has 2 aromatic carbocycles. The Balaban J connectivity index is 1.86. The van der Waals surface area contributed by atoms with E-state index in [2.05, 4.69) is 43.4 Å². The van der Waals surface area contributed by atoms with Gasteiger partial charge in [0.15, 0.2) is 0 Å². The molecule has 112 valence electrons. The van der Waals surface area contributed by atoms with E-state index < -0.39 is 0 Å². The first kappa shape index (κ1) is 13.4. The number of phenols is 1. The van der Waals surface area contributed by atoms with Gasteiger partial charge in [-0.2, -0.15) is 0 Å². The summed E-state index contributed by atoms with van der Waals surface area (Å²) in [5.74, 6) is 1.31. The van der Waals surface area contributed by atoms with E-state index in [9.17, 15) is 5.11 Å². The molecule has 1 aliphatic heterocycles. The molecule has 22 heavy (non-hydrogen) atoms. The molecule has 0 amide bonds. The quantitative estimate of drug-likeness (QED) is 0.737. The van der Waals surface area contributed by atoms with Gasteiger partial charge in [0, 0.05) is 17.2 Å². The Morgan fingerprint density at radius 1 is 1.09 bits per heavy atom. The average Bonchev–Trinajstić information content (AvgIpc) is 2.97. The second kappa shape index (κ2) is 4.91. The molecular formula is C20H21NO. The van der Waals surface area contributed by atoms with E-state index >= 15 is 0 Å². The summed E-state index contributed by atoms with van der Waals surface area (Å²) >= 11 is 0. The van der Waals surface area contributed by atoms with E-state index in [-0.39, 0.29) is 6.04 Å². The predicted octanol–water partition coefficient (Wildman–Crippen LogP) is 4.84. The molecule has 0 aromatic heterocycles. The van der Waals surface area contributed by atoms with Crippen molar-refractivity contribution < 1.29 is 5.11 Å². The van der Waals surface area contributed by atoms with Crippen molar-refractivity contribution in [1.29, 1.82) is 0 Å². The highest BCUT2D eigenvalue weighted by Gasteiger charge is 2.39. The van der Waals surface area contributed by atoms with E-state index in [0.29, 0.717) is 17.6 Å². The van der Waals surface area contributed by atoms with Crippen LogP contribution in [0.4, 0.5) is 5.69 Å². The van der Waals surface area contributed by atoms with Crippen LogP contribution in [0.1, 0.15) is 40.6 Å². The SMILES string of the molecule is Cc1cc(C)c2c(c1)C1C=CCC1C(c1ccccc1O)N2. The molecule has 2 heteroatoms. The van der Waals surface area contributed by atoms with Crippen LogP contribution in [0.5, 0.6) is 5.75 Å². The van der Waals surface area contributed by atoms with E-state index in [1.54, 1.807) is 6.07 Å². The Morgan fingerprint density at radius 2 is 1.91 bits per heavy atom. The highest BCUT2D eigenvalue weighted by molar-refractivity contribution is 5.65. The lowest BCUT2D eigenvalue weighted by Gasteiger charge is -2.38. The number of nitrogens with one attached hydrogen (secondary N) is 1. The molecule has 0 saturated heterocycles. The lowest BCUT2D eigenvalue weighted by Crippen LogP contribution is -2.29. The van der Waals surface area contributed by atoms with Crippen LogP contribution in [0.25, 0.3) is 0 Å². The molecule has 3 atom stereocenters. The van der Waals surface area contributed by atoms with Crippen molar-refractivity contribution >= 4 is 5.69 Å². The number of para-hydroxylation sites is 1. The van der Waals surface area contributed by atoms with Crippen LogP contribution < -0.4 is 5.32 Å². The fourth-order valence-electron chi connectivity index (χ4n) is 4.13. The van der Waals surface area contributed by atoms with Gasteiger partial charge in [-0.1, -0.05) is 48.0 Å². The van der Waals surface area contributed by atoms with Gasteiger partial charge in [-0.05, 0) is 43.4 Å². The second-order valence-electron chi connectivity index (χ2n) is 6.58. The Bertz CT molecular complexity index is 762. The zero-order valence-electron chi connectivity index (χ0n) is 13.0. The van der Waals surface area contributed by atoms with Crippen molar-refractivity contribution in [2.75, 3.05) is 5.32 Å². The maximum Gasteiger partial charge on any atom is 0.120 e. The van der Waals surface area contributed by atoms with E-state index in [0.717, 1.165) is 12.0 Å². The predicted molar refractivity (Wildman–Crippen MR) is 90.4 cm³/mol. The smallest absolute Gasteiger partial charge is 0.120 e. The molecule has 2 N–H and O–H groups in total. The topological polar surface area (TPSA) is 32.3 Å². The van der Waals surface area contributed by atoms with Crippen LogP contribution in [0, 0.1) is 19.8 Å². The molecular weight excluding hydrogens is 270 g/mol. The number of aryl methyl sites for hydroxylation is 2. The molecule has 1 heterocycles. The zero-order chi connectivity index (χ0) is 15.3. The number of hydrogen-bond donors (Lipinski definition) is 2. The van der Waals surface area contributed by atoms with Gasteiger partial charge in [-0.25, -0.2) is 0 Å². The second-order valence-corrected chi connectivity index (χ2v) is 6.58. The zero-order valence-corrected chi connectivity index (χ0v) is 13.0. The summed E-state index contributed by atoms with van der Waals surface area (Å²) in [6.07, 6.45) is 5.69. The number of aromatic hydroxyl groups is 1. The molecule has 0 radical (unpaired) electrons. The lowest BCUT2D eigenvalue weighted by molar-refractivity contribution is 0.402. The molecule has 4 rings (SSSR count). The Morgan fingerprint density at radius 3 is 2.73 bits per heavy atom. The Hall–Kier alpha value is -2.22. The molecule has 0 bridgehead atoms. The third kappa shape index (κ3) is 1.94. The molecule has 0 saturated carbocycles. The monoisotopic (exact) mass is 291 g/mol. The number of benzene rings is 2. The summed E-state index contributed by atoms with van der Waals surface area (Å²) in [6, 6.07) is 12.4. The Kier molecular flexibility index (Phi) is 3.00. The summed E-state index contributed by atoms with van der Waals surface area (Å²) in [5.41, 5.74) is 6.26. The van der Waals surface area contributed by atoms with Crippen LogP contribution in [0.2, 0.25) is 0 Å². The minimum absolute atomic E-state index is 0.162. The summed E-state index contributed by atoms with van der Waals surface area (Å²) in [7, 11) is 0. The molecule has 2 aromatic rings. The van der Waals surface area contributed by atoms with Crippen molar-refractivity contribution in [1.82, 2.24) is 0 Å². The maximum absolute atomic E-state index is 10.3. The summed E-state index contributed by atoms with van der Waals surface area (Å²) in [4.78, 5) is 0. The highest BCUT2D eigenvalue weighted by Crippen LogP contribution is 2.51. The number of fused-ring (bicyclic) bond motifs is 3. The first-order valence-electron chi connectivity index (χ1n) is 7.97. The molecule has 2 aliphatic rings. The summed E-state index contributed by atoms with van der Waals surface area (Å²) < 4.78 is 0. The molecule has 0 spiro atoms. The van der Waals surface area contributed by atoms with Crippen LogP contribution in [0.3, 0.4) is 0 Å². The van der Waals surface area contributed by atoms with Gasteiger partial charge in [0.05, 0.1) is 6.04 Å². The fourth-order valence-corrected chi connectivity index (χ4v) is 4.13. The number of hydrogen-bond acceptors (Lipinski definition) is 2. The number of allylic oxidation sites excluding steroid dienone is 2. The lowest BCUT2D eigenvalue weighted by atomic mass is 9.76. The minimum Gasteiger partial charge on any atom is -0.508 e. The van der Waals surface area contributed by atoms with Crippen LogP contribution in [-0.2, 0) is 0 Å². The van der Waals surface area contributed by atoms with Crippen molar-refractivity contribution in [3.63, 3.8) is 0 Å². The third-order valence-corrected chi connectivity index (χ3v) is 5.08. The number of phenolic OH excluding ortho intramolecular Hbond substituents is 1. The van der Waals surface area contributed by atoms with Gasteiger partial charge in [0.1, 0.15) is 5.75 Å². The van der Waals surface area contributed by atoms with Crippen molar-refractivity contribution in [2.24, 2.45) is 5.92 Å². The summed E-state index contributed by atoms with van der Waals surface area (Å²) in [5, 5.41) is 14.0. The van der Waals surface area contributed by atoms with E-state index in [4.69, 9.17) is 0 Å². The minimum atomic E-state index is 0.162. The Labute approximate surface area is 131 Å². The standard InChI is InChI=1S/C20H21NO/c1-12-10-13(2)19-17(11-12)14-7-5-8-15(14)20(21-19)16-6-3-4-9-18(16)22/h3-7,9-11,14-15,20-22H,8H2,1-2H3. The van der Waals surface area contributed by atoms with Gasteiger partial charge < -0.3 is 10.4 Å². The average molecular weight is 291 g/mol. The van der Waals surface area contributed by atoms with Crippen molar-refractivity contribution in [3.05, 3.63) is 70.8 Å². The maximum atomic E-state index is 10.3. The summed E-state index contributed by atoms with van der Waals surface area (Å²) in [6.45, 7) is 4.33. The van der Waals surface area contributed by atoms with Gasteiger partial charge in [0.2, 0.25) is 0 Å². The normalized spacial score (nSPS) is 25.5. The van der Waals surface area contributed by atoms with Crippen LogP contribution in [-0.4, -0.2) is 5.11 Å². The third-order valence-electron chi connectivity index (χ3n) is 5.08. The molecule has 1 aliphatic carbocycles. The number of anilines is 1. The number of rotatable bonds is 1.